The lowest BCUT2D eigenvalue weighted by Gasteiger charge is -2.41. The second-order valence-electron chi connectivity index (χ2n) is 21.8. The van der Waals surface area contributed by atoms with Gasteiger partial charge in [0, 0.05) is 50.6 Å². The number of rotatable bonds is 45. The topological polar surface area (TPSA) is 191 Å². The Morgan fingerprint density at radius 2 is 0.697 bits per heavy atom. The average molecular weight is 1080 g/mol. The third-order valence-electron chi connectivity index (χ3n) is 14.6. The quantitative estimate of drug-likeness (QED) is 0.0318. The van der Waals surface area contributed by atoms with Crippen LogP contribution >= 0.6 is 0 Å². The summed E-state index contributed by atoms with van der Waals surface area (Å²) in [6.45, 7) is 9.45. The Balaban J connectivity index is 2.14. The van der Waals surface area contributed by atoms with Gasteiger partial charge in [-0.1, -0.05) is 156 Å². The monoisotopic (exact) mass is 1080 g/mol. The molecule has 0 aromatic rings. The van der Waals surface area contributed by atoms with E-state index in [1.54, 1.807) is 4.90 Å². The Morgan fingerprint density at radius 3 is 1.01 bits per heavy atom. The Bertz CT molecular complexity index is 1410. The van der Waals surface area contributed by atoms with Crippen molar-refractivity contribution < 1.29 is 66.7 Å². The van der Waals surface area contributed by atoms with E-state index in [4.69, 9.17) is 33.2 Å². The van der Waals surface area contributed by atoms with Gasteiger partial charge in [0.15, 0.2) is 0 Å². The fourth-order valence-corrected chi connectivity index (χ4v) is 9.73. The molecule has 76 heavy (non-hydrogen) atoms. The maximum atomic E-state index is 14.2. The van der Waals surface area contributed by atoms with Crippen LogP contribution in [0.5, 0.6) is 0 Å². The average Bonchev–Trinajstić information content (AvgIpc) is 3.41. The summed E-state index contributed by atoms with van der Waals surface area (Å²) in [4.78, 5) is 96.2. The number of nitrogens with zero attached hydrogens (tertiary/aromatic N) is 2. The van der Waals surface area contributed by atoms with Gasteiger partial charge in [0.05, 0.1) is 51.4 Å². The summed E-state index contributed by atoms with van der Waals surface area (Å²) in [5.41, 5.74) is 0. The van der Waals surface area contributed by atoms with Crippen LogP contribution in [0.1, 0.15) is 252 Å². The fourth-order valence-electron chi connectivity index (χ4n) is 9.73. The van der Waals surface area contributed by atoms with Crippen LogP contribution in [0, 0.1) is 11.8 Å². The second-order valence-corrected chi connectivity index (χ2v) is 21.8. The van der Waals surface area contributed by atoms with Gasteiger partial charge in [-0.3, -0.25) is 33.7 Å². The molecule has 2 aliphatic heterocycles. The van der Waals surface area contributed by atoms with Crippen molar-refractivity contribution >= 4 is 41.9 Å². The number of piperidine rings is 2. The largest absolute Gasteiger partial charge is 0.465 e. The van der Waals surface area contributed by atoms with Crippen molar-refractivity contribution in [3.63, 3.8) is 0 Å². The number of hydrogen-bond donors (Lipinski definition) is 0. The molecular formula is C60H106N2O14. The van der Waals surface area contributed by atoms with E-state index in [0.717, 1.165) is 116 Å². The van der Waals surface area contributed by atoms with Gasteiger partial charge in [-0.15, -0.1) is 0 Å². The molecule has 0 bridgehead atoms. The number of unbranched alkanes of at least 4 members (excludes halogenated alkanes) is 20. The lowest BCUT2D eigenvalue weighted by atomic mass is 9.96. The molecule has 16 nitrogen and oxygen atoms in total. The van der Waals surface area contributed by atoms with Crippen molar-refractivity contribution in [3.05, 3.63) is 0 Å². The highest BCUT2D eigenvalue weighted by Crippen LogP contribution is 2.27. The molecule has 0 aromatic heterocycles. The number of likely N-dealkylation sites (tertiary alicyclic amines) is 2. The molecule has 2 fully saturated rings. The number of ether oxygens (including phenoxy) is 7. The first-order valence-electron chi connectivity index (χ1n) is 30.5. The number of carbonyl (C=O) groups is 7. The maximum Gasteiger partial charge on any atom is 0.410 e. The molecule has 440 valence electrons. The minimum atomic E-state index is -0.630. The van der Waals surface area contributed by atoms with Crippen molar-refractivity contribution in [2.75, 3.05) is 59.8 Å². The summed E-state index contributed by atoms with van der Waals surface area (Å²) in [6, 6.07) is -1.18. The van der Waals surface area contributed by atoms with Crippen LogP contribution in [-0.4, -0.2) is 130 Å². The molecule has 1 amide bonds. The Hall–Kier alpha value is -3.95. The molecule has 2 saturated heterocycles. The maximum absolute atomic E-state index is 14.2. The first-order valence-corrected chi connectivity index (χ1v) is 30.5. The van der Waals surface area contributed by atoms with Gasteiger partial charge in [0.1, 0.15) is 19.3 Å². The van der Waals surface area contributed by atoms with Gasteiger partial charge in [0.25, 0.3) is 0 Å². The predicted octanol–water partition coefficient (Wildman–Crippen LogP) is 12.7. The van der Waals surface area contributed by atoms with Gasteiger partial charge in [-0.05, 0) is 64.8 Å². The van der Waals surface area contributed by atoms with Crippen molar-refractivity contribution in [3.8, 4) is 0 Å². The lowest BCUT2D eigenvalue weighted by Crippen LogP contribution is -2.55. The molecule has 16 heteroatoms. The molecule has 2 atom stereocenters. The zero-order chi connectivity index (χ0) is 55.4. The van der Waals surface area contributed by atoms with E-state index in [0.29, 0.717) is 57.8 Å². The smallest absolute Gasteiger partial charge is 0.410 e. The first kappa shape index (κ1) is 68.2. The summed E-state index contributed by atoms with van der Waals surface area (Å²) in [7, 11) is 2.02. The normalized spacial score (nSPS) is 16.1. The SMILES string of the molecule is CCCCCCCCC(=O)OCC(COC(=O)CCCCCCCC)CC(=O)OC[C@@H]1CCC[C@@H](COC(=O)CC(COC(=O)CCCCCCCC)COC(=O)CCCCCCCC)N1C(=O)OC1CCN(C)CC1. The zero-order valence-corrected chi connectivity index (χ0v) is 48.4. The number of amides is 1. The van der Waals surface area contributed by atoms with Crippen LogP contribution in [0.25, 0.3) is 0 Å². The zero-order valence-electron chi connectivity index (χ0n) is 48.4. The van der Waals surface area contributed by atoms with E-state index in [2.05, 4.69) is 32.6 Å². The molecule has 0 aromatic carbocycles. The van der Waals surface area contributed by atoms with Crippen LogP contribution in [0.2, 0.25) is 0 Å². The van der Waals surface area contributed by atoms with Gasteiger partial charge >= 0.3 is 41.9 Å². The molecule has 0 N–H and O–H groups in total. The van der Waals surface area contributed by atoms with Crippen LogP contribution in [0.4, 0.5) is 4.79 Å². The molecular weight excluding hydrogens is 973 g/mol. The fraction of sp³-hybridized carbons (Fsp3) is 0.883. The van der Waals surface area contributed by atoms with Crippen molar-refractivity contribution in [1.29, 1.82) is 0 Å². The Kier molecular flexibility index (Phi) is 40.3. The van der Waals surface area contributed by atoms with Gasteiger partial charge in [0.2, 0.25) is 0 Å². The summed E-state index contributed by atoms with van der Waals surface area (Å²) in [5, 5.41) is 0. The summed E-state index contributed by atoms with van der Waals surface area (Å²) in [6.07, 6.45) is 27.5. The number of carbonyl (C=O) groups excluding carboxylic acids is 7. The molecule has 0 radical (unpaired) electrons. The lowest BCUT2D eigenvalue weighted by molar-refractivity contribution is -0.157. The van der Waals surface area contributed by atoms with Crippen molar-refractivity contribution in [2.45, 2.75) is 271 Å². The third-order valence-corrected chi connectivity index (χ3v) is 14.6. The van der Waals surface area contributed by atoms with Crippen LogP contribution in [-0.2, 0) is 61.9 Å². The number of hydrogen-bond acceptors (Lipinski definition) is 15. The van der Waals surface area contributed by atoms with Gasteiger partial charge in [-0.25, -0.2) is 4.79 Å². The van der Waals surface area contributed by atoms with Gasteiger partial charge < -0.3 is 38.1 Å². The number of esters is 6. The highest BCUT2D eigenvalue weighted by molar-refractivity contribution is 5.73. The van der Waals surface area contributed by atoms with Crippen molar-refractivity contribution in [1.82, 2.24) is 9.80 Å². The highest BCUT2D eigenvalue weighted by Gasteiger charge is 2.38. The highest BCUT2D eigenvalue weighted by atomic mass is 16.6. The molecule has 0 spiro atoms. The molecule has 0 saturated carbocycles. The van der Waals surface area contributed by atoms with E-state index >= 15 is 0 Å². The standard InChI is InChI=1S/C60H106N2O14/c1-6-10-14-18-22-26-33-54(63)70-43-49(44-71-55(64)34-27-23-19-15-11-7-2)41-58(67)74-47-51-31-30-32-52(62(51)60(69)76-53-37-39-61(5)40-38-53)48-75-59(68)42-50(45-72-56(65)35-28-24-20-16-12-8-3)46-73-57(66)36-29-25-21-17-13-9-4/h49-53H,6-48H2,1-5H3/t51-,52-/m0/s1. The van der Waals surface area contributed by atoms with E-state index in [1.165, 1.54) is 25.7 Å². The third kappa shape index (κ3) is 34.7. The second kappa shape index (κ2) is 45.0. The van der Waals surface area contributed by atoms with Gasteiger partial charge in [-0.2, -0.15) is 0 Å². The molecule has 0 aliphatic carbocycles. The molecule has 0 unspecified atom stereocenters. The Labute approximate surface area is 459 Å². The molecule has 2 rings (SSSR count). The van der Waals surface area contributed by atoms with E-state index in [1.807, 2.05) is 7.05 Å². The minimum absolute atomic E-state index is 0.107. The Morgan fingerprint density at radius 1 is 0.395 bits per heavy atom. The van der Waals surface area contributed by atoms with Crippen LogP contribution < -0.4 is 0 Å². The molecule has 2 aliphatic rings. The van der Waals surface area contributed by atoms with Crippen LogP contribution in [0.3, 0.4) is 0 Å². The molecule has 2 heterocycles. The summed E-state index contributed by atoms with van der Waals surface area (Å²) < 4.78 is 40.3. The van der Waals surface area contributed by atoms with Crippen LogP contribution in [0.15, 0.2) is 0 Å². The first-order chi connectivity index (χ1) is 36.9. The minimum Gasteiger partial charge on any atom is -0.465 e. The summed E-state index contributed by atoms with van der Waals surface area (Å²) >= 11 is 0. The van der Waals surface area contributed by atoms with Crippen molar-refractivity contribution in [2.24, 2.45) is 11.8 Å². The predicted molar refractivity (Wildman–Crippen MR) is 294 cm³/mol. The summed E-state index contributed by atoms with van der Waals surface area (Å²) in [5.74, 6) is -3.88. The van der Waals surface area contributed by atoms with E-state index < -0.39 is 42.0 Å². The van der Waals surface area contributed by atoms with E-state index in [9.17, 15) is 33.6 Å². The van der Waals surface area contributed by atoms with E-state index in [-0.39, 0.29) is 108 Å².